The van der Waals surface area contributed by atoms with Crippen LogP contribution in [0.2, 0.25) is 0 Å². The fraction of sp³-hybridized carbons (Fsp3) is 0.455. The fourth-order valence-electron chi connectivity index (χ4n) is 1.57. The van der Waals surface area contributed by atoms with Crippen LogP contribution in [-0.4, -0.2) is 26.3 Å². The first-order valence-corrected chi connectivity index (χ1v) is 8.09. The summed E-state index contributed by atoms with van der Waals surface area (Å²) in [5.41, 5.74) is 0. The smallest absolute Gasteiger partial charge is 0.231 e. The van der Waals surface area contributed by atoms with Crippen molar-refractivity contribution >= 4 is 25.8 Å². The minimum atomic E-state index is -3.21. The molecular formula is C11H13BrO4S. The quantitative estimate of drug-likeness (QED) is 0.617. The third kappa shape index (κ3) is 2.93. The molecule has 17 heavy (non-hydrogen) atoms. The van der Waals surface area contributed by atoms with Crippen LogP contribution in [0.25, 0.3) is 0 Å². The van der Waals surface area contributed by atoms with Crippen LogP contribution >= 0.6 is 15.9 Å². The lowest BCUT2D eigenvalue weighted by Crippen LogP contribution is -2.06. The minimum absolute atomic E-state index is 0.155. The predicted octanol–water partition coefficient (Wildman–Crippen LogP) is 2.36. The number of hydrogen-bond acceptors (Lipinski definition) is 4. The molecule has 0 amide bonds. The maximum atomic E-state index is 12.0. The molecule has 0 spiro atoms. The van der Waals surface area contributed by atoms with Crippen molar-refractivity contribution in [3.63, 3.8) is 0 Å². The zero-order valence-corrected chi connectivity index (χ0v) is 11.6. The molecule has 0 atom stereocenters. The van der Waals surface area contributed by atoms with Gasteiger partial charge in [0.1, 0.15) is 0 Å². The van der Waals surface area contributed by atoms with Crippen LogP contribution < -0.4 is 9.47 Å². The van der Waals surface area contributed by atoms with Crippen LogP contribution in [-0.2, 0) is 9.84 Å². The molecule has 0 aromatic heterocycles. The molecule has 0 saturated heterocycles. The Morgan fingerprint density at radius 2 is 1.94 bits per heavy atom. The number of benzene rings is 1. The number of alkyl halides is 1. The Kier molecular flexibility index (Phi) is 3.93. The van der Waals surface area contributed by atoms with Crippen LogP contribution in [0.4, 0.5) is 0 Å². The van der Waals surface area contributed by atoms with Crippen LogP contribution in [0.3, 0.4) is 0 Å². The van der Waals surface area contributed by atoms with Crippen molar-refractivity contribution in [1.82, 2.24) is 0 Å². The predicted molar refractivity (Wildman–Crippen MR) is 67.6 cm³/mol. The van der Waals surface area contributed by atoms with Gasteiger partial charge in [-0.25, -0.2) is 8.42 Å². The van der Waals surface area contributed by atoms with E-state index < -0.39 is 9.84 Å². The van der Waals surface area contributed by atoms with E-state index in [2.05, 4.69) is 15.9 Å². The van der Waals surface area contributed by atoms with E-state index in [1.165, 1.54) is 6.07 Å². The molecule has 0 aliphatic carbocycles. The number of fused-ring (bicyclic) bond motifs is 1. The maximum absolute atomic E-state index is 12.0. The van der Waals surface area contributed by atoms with E-state index in [1.54, 1.807) is 12.1 Å². The van der Waals surface area contributed by atoms with E-state index in [0.29, 0.717) is 22.8 Å². The van der Waals surface area contributed by atoms with E-state index in [4.69, 9.17) is 9.47 Å². The number of rotatable bonds is 5. The summed E-state index contributed by atoms with van der Waals surface area (Å²) < 4.78 is 34.3. The lowest BCUT2D eigenvalue weighted by atomic mass is 10.3. The van der Waals surface area contributed by atoms with Crippen LogP contribution in [0.15, 0.2) is 23.1 Å². The second kappa shape index (κ2) is 5.27. The largest absolute Gasteiger partial charge is 0.454 e. The van der Waals surface area contributed by atoms with Gasteiger partial charge in [-0.3, -0.25) is 0 Å². The summed E-state index contributed by atoms with van der Waals surface area (Å²) in [6.45, 7) is 0.155. The third-order valence-corrected chi connectivity index (χ3v) is 4.86. The zero-order chi connectivity index (χ0) is 12.3. The average Bonchev–Trinajstić information content (AvgIpc) is 2.76. The zero-order valence-electron chi connectivity index (χ0n) is 9.19. The Bertz CT molecular complexity index is 498. The molecule has 1 aromatic rings. The van der Waals surface area contributed by atoms with Gasteiger partial charge in [-0.15, -0.1) is 0 Å². The SMILES string of the molecule is O=S(=O)(CCCCBr)c1ccc2c(c1)OCO2. The van der Waals surface area contributed by atoms with E-state index in [9.17, 15) is 8.42 Å². The van der Waals surface area contributed by atoms with Crippen molar-refractivity contribution < 1.29 is 17.9 Å². The molecule has 1 aromatic carbocycles. The van der Waals surface area contributed by atoms with Gasteiger partial charge >= 0.3 is 0 Å². The molecule has 0 radical (unpaired) electrons. The Balaban J connectivity index is 2.16. The van der Waals surface area contributed by atoms with Crippen LogP contribution in [0.5, 0.6) is 11.5 Å². The van der Waals surface area contributed by atoms with Gasteiger partial charge in [0.25, 0.3) is 0 Å². The molecule has 0 bridgehead atoms. The summed E-state index contributed by atoms with van der Waals surface area (Å²) in [7, 11) is -3.21. The van der Waals surface area contributed by atoms with Crippen LogP contribution in [0.1, 0.15) is 12.8 Å². The molecule has 1 aliphatic heterocycles. The van der Waals surface area contributed by atoms with E-state index >= 15 is 0 Å². The number of unbranched alkanes of at least 4 members (excludes halogenated alkanes) is 1. The van der Waals surface area contributed by atoms with Crippen molar-refractivity contribution in [2.75, 3.05) is 17.9 Å². The normalized spacial score (nSPS) is 13.9. The van der Waals surface area contributed by atoms with Gasteiger partial charge in [0.15, 0.2) is 21.3 Å². The van der Waals surface area contributed by atoms with Crippen molar-refractivity contribution in [2.24, 2.45) is 0 Å². The molecule has 0 fully saturated rings. The molecule has 0 saturated carbocycles. The lowest BCUT2D eigenvalue weighted by molar-refractivity contribution is 0.174. The number of ether oxygens (including phenoxy) is 2. The number of sulfone groups is 1. The standard InChI is InChI=1S/C11H13BrO4S/c12-5-1-2-6-17(13,14)9-3-4-10-11(7-9)16-8-15-10/h3-4,7H,1-2,5-6,8H2. The second-order valence-electron chi connectivity index (χ2n) is 3.73. The molecule has 2 rings (SSSR count). The monoisotopic (exact) mass is 320 g/mol. The topological polar surface area (TPSA) is 52.6 Å². The summed E-state index contributed by atoms with van der Waals surface area (Å²) >= 11 is 3.28. The summed E-state index contributed by atoms with van der Waals surface area (Å²) in [6, 6.07) is 4.74. The lowest BCUT2D eigenvalue weighted by Gasteiger charge is -2.04. The average molecular weight is 321 g/mol. The fourth-order valence-corrected chi connectivity index (χ4v) is 3.35. The molecule has 0 N–H and O–H groups in total. The van der Waals surface area contributed by atoms with Gasteiger partial charge in [-0.2, -0.15) is 0 Å². The van der Waals surface area contributed by atoms with Crippen LogP contribution in [0, 0.1) is 0 Å². The molecule has 1 heterocycles. The highest BCUT2D eigenvalue weighted by atomic mass is 79.9. The first-order valence-electron chi connectivity index (χ1n) is 5.32. The van der Waals surface area contributed by atoms with Crippen molar-refractivity contribution in [2.45, 2.75) is 17.7 Å². The highest BCUT2D eigenvalue weighted by molar-refractivity contribution is 9.09. The Labute approximate surface area is 109 Å². The first kappa shape index (κ1) is 12.7. The van der Waals surface area contributed by atoms with Gasteiger partial charge < -0.3 is 9.47 Å². The van der Waals surface area contributed by atoms with Gasteiger partial charge in [-0.05, 0) is 25.0 Å². The Morgan fingerprint density at radius 3 is 2.71 bits per heavy atom. The van der Waals surface area contributed by atoms with Gasteiger partial charge in [0, 0.05) is 11.4 Å². The maximum Gasteiger partial charge on any atom is 0.231 e. The van der Waals surface area contributed by atoms with Crippen molar-refractivity contribution in [3.05, 3.63) is 18.2 Å². The summed E-state index contributed by atoms with van der Waals surface area (Å²) in [5.74, 6) is 1.27. The van der Waals surface area contributed by atoms with Gasteiger partial charge in [-0.1, -0.05) is 15.9 Å². The highest BCUT2D eigenvalue weighted by Gasteiger charge is 2.19. The van der Waals surface area contributed by atoms with E-state index in [0.717, 1.165) is 11.8 Å². The molecule has 94 valence electrons. The Morgan fingerprint density at radius 1 is 1.18 bits per heavy atom. The van der Waals surface area contributed by atoms with E-state index in [-0.39, 0.29) is 12.5 Å². The van der Waals surface area contributed by atoms with E-state index in [1.807, 2.05) is 0 Å². The van der Waals surface area contributed by atoms with Crippen molar-refractivity contribution in [3.8, 4) is 11.5 Å². The van der Waals surface area contributed by atoms with Gasteiger partial charge in [0.05, 0.1) is 10.6 Å². The number of hydrogen-bond donors (Lipinski definition) is 0. The van der Waals surface area contributed by atoms with Gasteiger partial charge in [0.2, 0.25) is 6.79 Å². The molecular weight excluding hydrogens is 308 g/mol. The first-order chi connectivity index (χ1) is 8.13. The third-order valence-electron chi connectivity index (χ3n) is 2.50. The summed E-state index contributed by atoms with van der Waals surface area (Å²) in [4.78, 5) is 0.302. The number of halogens is 1. The molecule has 6 heteroatoms. The van der Waals surface area contributed by atoms with Crippen molar-refractivity contribution in [1.29, 1.82) is 0 Å². The molecule has 0 unspecified atom stereocenters. The molecule has 1 aliphatic rings. The summed E-state index contributed by atoms with van der Waals surface area (Å²) in [6.07, 6.45) is 1.51. The summed E-state index contributed by atoms with van der Waals surface area (Å²) in [5, 5.41) is 0.823. The minimum Gasteiger partial charge on any atom is -0.454 e. The second-order valence-corrected chi connectivity index (χ2v) is 6.63. The highest BCUT2D eigenvalue weighted by Crippen LogP contribution is 2.34. The molecule has 4 nitrogen and oxygen atoms in total. The Hall–Kier alpha value is -0.750.